The van der Waals surface area contributed by atoms with Crippen LogP contribution in [0.5, 0.6) is 0 Å². The summed E-state index contributed by atoms with van der Waals surface area (Å²) in [4.78, 5) is 0. The molecule has 4 aromatic rings. The second kappa shape index (κ2) is 5.02. The Labute approximate surface area is 129 Å². The summed E-state index contributed by atoms with van der Waals surface area (Å²) in [5.74, 6) is 0. The second-order valence-corrected chi connectivity index (χ2v) is 5.42. The molecule has 102 valence electrons. The van der Waals surface area contributed by atoms with Gasteiger partial charge in [0.2, 0.25) is 0 Å². The van der Waals surface area contributed by atoms with Gasteiger partial charge in [0, 0.05) is 0 Å². The first-order valence-electron chi connectivity index (χ1n) is 7.27. The van der Waals surface area contributed by atoms with Gasteiger partial charge >= 0.3 is 0 Å². The van der Waals surface area contributed by atoms with Gasteiger partial charge in [0.25, 0.3) is 0 Å². The van der Waals surface area contributed by atoms with E-state index in [0.717, 1.165) is 11.1 Å². The third kappa shape index (κ3) is 2.03. The first kappa shape index (κ1) is 12.6. The van der Waals surface area contributed by atoms with E-state index >= 15 is 0 Å². The monoisotopic (exact) mass is 279 g/mol. The van der Waals surface area contributed by atoms with Crippen LogP contribution in [0.1, 0.15) is 5.56 Å². The zero-order valence-electron chi connectivity index (χ0n) is 12.0. The standard InChI is InChI=1S/C21H13N/c22-14-15-4-3-6-17(12-15)18-10-11-21-19(13-18)9-8-16-5-1-2-7-20(16)21/h1-13H. The maximum absolute atomic E-state index is 9.05. The molecule has 0 N–H and O–H groups in total. The first-order valence-corrected chi connectivity index (χ1v) is 7.27. The lowest BCUT2D eigenvalue weighted by atomic mass is 9.97. The molecule has 1 heteroatoms. The van der Waals surface area contributed by atoms with Crippen LogP contribution in [0.2, 0.25) is 0 Å². The van der Waals surface area contributed by atoms with Crippen molar-refractivity contribution in [2.45, 2.75) is 0 Å². The van der Waals surface area contributed by atoms with Gasteiger partial charge in [-0.3, -0.25) is 0 Å². The average molecular weight is 279 g/mol. The molecule has 22 heavy (non-hydrogen) atoms. The summed E-state index contributed by atoms with van der Waals surface area (Å²) in [6, 6.07) is 29.2. The quantitative estimate of drug-likeness (QED) is 0.420. The van der Waals surface area contributed by atoms with E-state index in [4.69, 9.17) is 5.26 Å². The van der Waals surface area contributed by atoms with Crippen LogP contribution >= 0.6 is 0 Å². The van der Waals surface area contributed by atoms with Gasteiger partial charge in [-0.15, -0.1) is 0 Å². The minimum Gasteiger partial charge on any atom is -0.192 e. The Bertz CT molecular complexity index is 1040. The minimum absolute atomic E-state index is 0.691. The molecule has 4 rings (SSSR count). The third-order valence-corrected chi connectivity index (χ3v) is 4.07. The Balaban J connectivity index is 1.94. The summed E-state index contributed by atoms with van der Waals surface area (Å²) in [6.45, 7) is 0. The van der Waals surface area contributed by atoms with Crippen LogP contribution in [0.3, 0.4) is 0 Å². The van der Waals surface area contributed by atoms with Crippen LogP contribution < -0.4 is 0 Å². The number of rotatable bonds is 1. The van der Waals surface area contributed by atoms with Crippen LogP contribution in [-0.2, 0) is 0 Å². The highest BCUT2D eigenvalue weighted by atomic mass is 14.2. The van der Waals surface area contributed by atoms with Gasteiger partial charge in [-0.05, 0) is 50.9 Å². The summed E-state index contributed by atoms with van der Waals surface area (Å²) < 4.78 is 0. The number of fused-ring (bicyclic) bond motifs is 3. The zero-order valence-corrected chi connectivity index (χ0v) is 12.0. The normalized spacial score (nSPS) is 10.7. The number of nitrogens with zero attached hydrogens (tertiary/aromatic N) is 1. The Morgan fingerprint density at radius 1 is 0.591 bits per heavy atom. The van der Waals surface area contributed by atoms with E-state index in [2.05, 4.69) is 60.7 Å². The van der Waals surface area contributed by atoms with Crippen molar-refractivity contribution in [1.29, 1.82) is 5.26 Å². The summed E-state index contributed by atoms with van der Waals surface area (Å²) in [7, 11) is 0. The predicted molar refractivity (Wildman–Crippen MR) is 91.6 cm³/mol. The van der Waals surface area contributed by atoms with E-state index in [1.807, 2.05) is 24.3 Å². The van der Waals surface area contributed by atoms with Crippen LogP contribution in [0.25, 0.3) is 32.7 Å². The molecular weight excluding hydrogens is 266 g/mol. The van der Waals surface area contributed by atoms with Crippen LogP contribution in [0, 0.1) is 11.3 Å². The number of nitriles is 1. The Morgan fingerprint density at radius 2 is 1.36 bits per heavy atom. The molecule has 4 aromatic carbocycles. The number of hydrogen-bond acceptors (Lipinski definition) is 1. The van der Waals surface area contributed by atoms with E-state index in [-0.39, 0.29) is 0 Å². The van der Waals surface area contributed by atoms with E-state index in [9.17, 15) is 0 Å². The smallest absolute Gasteiger partial charge is 0.0991 e. The lowest BCUT2D eigenvalue weighted by molar-refractivity contribution is 1.48. The molecule has 0 saturated heterocycles. The van der Waals surface area contributed by atoms with Gasteiger partial charge in [-0.25, -0.2) is 0 Å². The van der Waals surface area contributed by atoms with Crippen molar-refractivity contribution in [2.24, 2.45) is 0 Å². The van der Waals surface area contributed by atoms with Crippen molar-refractivity contribution in [3.05, 3.63) is 84.4 Å². The topological polar surface area (TPSA) is 23.8 Å². The third-order valence-electron chi connectivity index (χ3n) is 4.07. The summed E-state index contributed by atoms with van der Waals surface area (Å²) in [5.41, 5.74) is 2.91. The molecule has 0 aliphatic carbocycles. The molecular formula is C21H13N. The fourth-order valence-corrected chi connectivity index (χ4v) is 2.96. The Morgan fingerprint density at radius 3 is 2.27 bits per heavy atom. The maximum atomic E-state index is 9.05. The largest absolute Gasteiger partial charge is 0.192 e. The van der Waals surface area contributed by atoms with Gasteiger partial charge in [0.05, 0.1) is 11.6 Å². The molecule has 0 amide bonds. The Kier molecular flexibility index (Phi) is 2.88. The van der Waals surface area contributed by atoms with E-state index in [0.29, 0.717) is 5.56 Å². The molecule has 1 nitrogen and oxygen atoms in total. The fraction of sp³-hybridized carbons (Fsp3) is 0. The van der Waals surface area contributed by atoms with Crippen molar-refractivity contribution < 1.29 is 0 Å². The highest BCUT2D eigenvalue weighted by molar-refractivity contribution is 6.08. The molecule has 0 saturated carbocycles. The average Bonchev–Trinajstić information content (AvgIpc) is 2.61. The van der Waals surface area contributed by atoms with Gasteiger partial charge in [-0.1, -0.05) is 60.7 Å². The molecule has 0 atom stereocenters. The zero-order chi connectivity index (χ0) is 14.9. The minimum atomic E-state index is 0.691. The number of hydrogen-bond donors (Lipinski definition) is 0. The summed E-state index contributed by atoms with van der Waals surface area (Å²) >= 11 is 0. The van der Waals surface area contributed by atoms with Crippen molar-refractivity contribution in [3.8, 4) is 17.2 Å². The van der Waals surface area contributed by atoms with Crippen molar-refractivity contribution in [2.75, 3.05) is 0 Å². The molecule has 0 bridgehead atoms. The van der Waals surface area contributed by atoms with Crippen molar-refractivity contribution in [1.82, 2.24) is 0 Å². The SMILES string of the molecule is N#Cc1cccc(-c2ccc3c(ccc4ccccc43)c2)c1. The molecule has 0 fully saturated rings. The van der Waals surface area contributed by atoms with Gasteiger partial charge in [0.1, 0.15) is 0 Å². The van der Waals surface area contributed by atoms with E-state index in [1.165, 1.54) is 21.5 Å². The molecule has 0 radical (unpaired) electrons. The summed E-state index contributed by atoms with van der Waals surface area (Å²) in [5, 5.41) is 14.1. The first-order chi connectivity index (χ1) is 10.8. The fourth-order valence-electron chi connectivity index (χ4n) is 2.96. The lowest BCUT2D eigenvalue weighted by Gasteiger charge is -2.07. The summed E-state index contributed by atoms with van der Waals surface area (Å²) in [6.07, 6.45) is 0. The lowest BCUT2D eigenvalue weighted by Crippen LogP contribution is -1.82. The molecule has 0 unspecified atom stereocenters. The highest BCUT2D eigenvalue weighted by Gasteiger charge is 2.03. The van der Waals surface area contributed by atoms with E-state index < -0.39 is 0 Å². The van der Waals surface area contributed by atoms with Crippen LogP contribution in [-0.4, -0.2) is 0 Å². The van der Waals surface area contributed by atoms with Crippen LogP contribution in [0.4, 0.5) is 0 Å². The van der Waals surface area contributed by atoms with Gasteiger partial charge in [-0.2, -0.15) is 5.26 Å². The Hall–Kier alpha value is -3.11. The number of benzene rings is 4. The maximum Gasteiger partial charge on any atom is 0.0991 e. The van der Waals surface area contributed by atoms with Gasteiger partial charge in [0.15, 0.2) is 0 Å². The molecule has 0 aliphatic rings. The molecule has 0 spiro atoms. The van der Waals surface area contributed by atoms with E-state index in [1.54, 1.807) is 0 Å². The van der Waals surface area contributed by atoms with Crippen LogP contribution in [0.15, 0.2) is 78.9 Å². The molecule has 0 aliphatic heterocycles. The predicted octanol–water partition coefficient (Wildman–Crippen LogP) is 5.53. The molecule has 0 aromatic heterocycles. The highest BCUT2D eigenvalue weighted by Crippen LogP contribution is 2.29. The molecule has 0 heterocycles. The van der Waals surface area contributed by atoms with Gasteiger partial charge < -0.3 is 0 Å². The van der Waals surface area contributed by atoms with Crippen molar-refractivity contribution >= 4 is 21.5 Å². The van der Waals surface area contributed by atoms with Crippen molar-refractivity contribution in [3.63, 3.8) is 0 Å². The second-order valence-electron chi connectivity index (χ2n) is 5.42.